The Bertz CT molecular complexity index is 357. The smallest absolute Gasteiger partial charge is 0.242 e. The standard InChI is InChI=1S/C16H31N3O2/c1-11(13-7-6-8-17-10-13)9-14(20)18-12(2)15(21)19-16(3,4)5/h11-13,17H,6-10H2,1-5H3,(H,18,20)(H,19,21). The van der Waals surface area contributed by atoms with Crippen LogP contribution >= 0.6 is 0 Å². The van der Waals surface area contributed by atoms with Gasteiger partial charge in [0.15, 0.2) is 0 Å². The summed E-state index contributed by atoms with van der Waals surface area (Å²) in [6.45, 7) is 11.7. The normalized spacial score (nSPS) is 22.2. The minimum absolute atomic E-state index is 0.0374. The third-order valence-corrected chi connectivity index (χ3v) is 3.92. The summed E-state index contributed by atoms with van der Waals surface area (Å²) in [5.74, 6) is 0.728. The highest BCUT2D eigenvalue weighted by atomic mass is 16.2. The SMILES string of the molecule is CC(NC(=O)CC(C)C1CCCNC1)C(=O)NC(C)(C)C. The van der Waals surface area contributed by atoms with Crippen LogP contribution in [0.1, 0.15) is 53.9 Å². The monoisotopic (exact) mass is 297 g/mol. The van der Waals surface area contributed by atoms with Crippen molar-refractivity contribution in [1.82, 2.24) is 16.0 Å². The highest BCUT2D eigenvalue weighted by Crippen LogP contribution is 2.22. The summed E-state index contributed by atoms with van der Waals surface area (Å²) in [7, 11) is 0. The summed E-state index contributed by atoms with van der Waals surface area (Å²) in [5, 5.41) is 9.06. The van der Waals surface area contributed by atoms with Crippen molar-refractivity contribution in [2.75, 3.05) is 13.1 Å². The van der Waals surface area contributed by atoms with Crippen LogP contribution < -0.4 is 16.0 Å². The summed E-state index contributed by atoms with van der Waals surface area (Å²) in [6, 6.07) is -0.492. The molecule has 0 aliphatic carbocycles. The van der Waals surface area contributed by atoms with Gasteiger partial charge in [-0.05, 0) is 65.5 Å². The molecule has 3 unspecified atom stereocenters. The van der Waals surface area contributed by atoms with Gasteiger partial charge in [-0.3, -0.25) is 9.59 Å². The molecule has 5 nitrogen and oxygen atoms in total. The second kappa shape index (κ2) is 7.78. The van der Waals surface area contributed by atoms with E-state index in [0.717, 1.165) is 13.1 Å². The van der Waals surface area contributed by atoms with E-state index in [-0.39, 0.29) is 17.4 Å². The zero-order valence-corrected chi connectivity index (χ0v) is 14.1. The molecule has 21 heavy (non-hydrogen) atoms. The molecule has 0 radical (unpaired) electrons. The van der Waals surface area contributed by atoms with Crippen molar-refractivity contribution < 1.29 is 9.59 Å². The van der Waals surface area contributed by atoms with Crippen LogP contribution in [-0.2, 0) is 9.59 Å². The Morgan fingerprint density at radius 3 is 2.48 bits per heavy atom. The van der Waals surface area contributed by atoms with E-state index < -0.39 is 6.04 Å². The molecule has 0 saturated carbocycles. The van der Waals surface area contributed by atoms with Crippen LogP contribution in [0.25, 0.3) is 0 Å². The molecule has 3 N–H and O–H groups in total. The lowest BCUT2D eigenvalue weighted by Gasteiger charge is -2.28. The maximum atomic E-state index is 12.1. The van der Waals surface area contributed by atoms with Crippen LogP contribution in [-0.4, -0.2) is 36.5 Å². The van der Waals surface area contributed by atoms with Crippen molar-refractivity contribution in [3.8, 4) is 0 Å². The summed E-state index contributed by atoms with van der Waals surface area (Å²) in [5.41, 5.74) is -0.281. The lowest BCUT2D eigenvalue weighted by molar-refractivity contribution is -0.130. The summed E-state index contributed by atoms with van der Waals surface area (Å²) in [4.78, 5) is 24.0. The molecule has 1 aliphatic heterocycles. The Balaban J connectivity index is 2.36. The lowest BCUT2D eigenvalue weighted by Crippen LogP contribution is -2.51. The van der Waals surface area contributed by atoms with Crippen LogP contribution in [0.15, 0.2) is 0 Å². The average molecular weight is 297 g/mol. The fourth-order valence-corrected chi connectivity index (χ4v) is 2.67. The van der Waals surface area contributed by atoms with Crippen molar-refractivity contribution in [3.05, 3.63) is 0 Å². The largest absolute Gasteiger partial charge is 0.350 e. The second-order valence-corrected chi connectivity index (χ2v) is 7.32. The molecule has 5 heteroatoms. The zero-order chi connectivity index (χ0) is 16.0. The number of carbonyl (C=O) groups is 2. The third-order valence-electron chi connectivity index (χ3n) is 3.92. The molecule has 3 atom stereocenters. The first kappa shape index (κ1) is 18.0. The van der Waals surface area contributed by atoms with Gasteiger partial charge in [-0.15, -0.1) is 0 Å². The molecule has 0 spiro atoms. The molecule has 1 fully saturated rings. The van der Waals surface area contributed by atoms with Crippen molar-refractivity contribution in [2.45, 2.75) is 65.5 Å². The van der Waals surface area contributed by atoms with Gasteiger partial charge in [0, 0.05) is 12.0 Å². The number of carbonyl (C=O) groups excluding carboxylic acids is 2. The predicted octanol–water partition coefficient (Wildman–Crippen LogP) is 1.43. The molecule has 1 saturated heterocycles. The van der Waals surface area contributed by atoms with Crippen molar-refractivity contribution in [2.24, 2.45) is 11.8 Å². The van der Waals surface area contributed by atoms with Crippen molar-refractivity contribution in [3.63, 3.8) is 0 Å². The number of hydrogen-bond donors (Lipinski definition) is 3. The number of piperidine rings is 1. The quantitative estimate of drug-likeness (QED) is 0.719. The summed E-state index contributed by atoms with van der Waals surface area (Å²) >= 11 is 0. The molecule has 1 rings (SSSR count). The Kier molecular flexibility index (Phi) is 6.65. The second-order valence-electron chi connectivity index (χ2n) is 7.32. The molecule has 0 aromatic carbocycles. The predicted molar refractivity (Wildman–Crippen MR) is 84.9 cm³/mol. The van der Waals surface area contributed by atoms with Gasteiger partial charge >= 0.3 is 0 Å². The van der Waals surface area contributed by atoms with Gasteiger partial charge in [-0.1, -0.05) is 6.92 Å². The first-order valence-electron chi connectivity index (χ1n) is 8.01. The zero-order valence-electron chi connectivity index (χ0n) is 14.1. The van der Waals surface area contributed by atoms with Crippen LogP contribution in [0, 0.1) is 11.8 Å². The van der Waals surface area contributed by atoms with Gasteiger partial charge in [0.25, 0.3) is 0 Å². The first-order chi connectivity index (χ1) is 9.69. The molecular formula is C16H31N3O2. The molecule has 1 heterocycles. The lowest BCUT2D eigenvalue weighted by atomic mass is 9.85. The minimum atomic E-state index is -0.492. The van der Waals surface area contributed by atoms with E-state index >= 15 is 0 Å². The Morgan fingerprint density at radius 1 is 1.29 bits per heavy atom. The molecule has 0 bridgehead atoms. The number of nitrogens with one attached hydrogen (secondary N) is 3. The minimum Gasteiger partial charge on any atom is -0.350 e. The van der Waals surface area contributed by atoms with Gasteiger partial charge in [0.2, 0.25) is 11.8 Å². The maximum Gasteiger partial charge on any atom is 0.242 e. The first-order valence-corrected chi connectivity index (χ1v) is 8.01. The molecule has 0 aromatic rings. The number of rotatable bonds is 5. The maximum absolute atomic E-state index is 12.1. The van der Waals surface area contributed by atoms with Gasteiger partial charge in [-0.2, -0.15) is 0 Å². The van der Waals surface area contributed by atoms with Crippen LogP contribution in [0.4, 0.5) is 0 Å². The number of hydrogen-bond acceptors (Lipinski definition) is 3. The van der Waals surface area contributed by atoms with Crippen LogP contribution in [0.3, 0.4) is 0 Å². The highest BCUT2D eigenvalue weighted by molar-refractivity contribution is 5.87. The topological polar surface area (TPSA) is 70.2 Å². The van der Waals surface area contributed by atoms with Crippen molar-refractivity contribution >= 4 is 11.8 Å². The van der Waals surface area contributed by atoms with Crippen LogP contribution in [0.2, 0.25) is 0 Å². The molecule has 122 valence electrons. The molecule has 2 amide bonds. The average Bonchev–Trinajstić information content (AvgIpc) is 2.37. The third kappa shape index (κ3) is 6.93. The van der Waals surface area contributed by atoms with Gasteiger partial charge < -0.3 is 16.0 Å². The van der Waals surface area contributed by atoms with E-state index in [1.54, 1.807) is 6.92 Å². The fraction of sp³-hybridized carbons (Fsp3) is 0.875. The fourth-order valence-electron chi connectivity index (χ4n) is 2.67. The number of amides is 2. The molecule has 0 aromatic heterocycles. The van der Waals surface area contributed by atoms with E-state index in [1.807, 2.05) is 20.8 Å². The van der Waals surface area contributed by atoms with E-state index in [0.29, 0.717) is 18.3 Å². The highest BCUT2D eigenvalue weighted by Gasteiger charge is 2.24. The van der Waals surface area contributed by atoms with Gasteiger partial charge in [0.05, 0.1) is 0 Å². The van der Waals surface area contributed by atoms with E-state index in [1.165, 1.54) is 12.8 Å². The van der Waals surface area contributed by atoms with Gasteiger partial charge in [0.1, 0.15) is 6.04 Å². The van der Waals surface area contributed by atoms with E-state index in [4.69, 9.17) is 0 Å². The Labute approximate surface area is 128 Å². The molecular weight excluding hydrogens is 266 g/mol. The van der Waals surface area contributed by atoms with E-state index in [2.05, 4.69) is 22.9 Å². The van der Waals surface area contributed by atoms with Crippen molar-refractivity contribution in [1.29, 1.82) is 0 Å². The summed E-state index contributed by atoms with van der Waals surface area (Å²) < 4.78 is 0. The summed E-state index contributed by atoms with van der Waals surface area (Å²) in [6.07, 6.45) is 2.85. The van der Waals surface area contributed by atoms with E-state index in [9.17, 15) is 9.59 Å². The Morgan fingerprint density at radius 2 is 1.95 bits per heavy atom. The van der Waals surface area contributed by atoms with Crippen LogP contribution in [0.5, 0.6) is 0 Å². The Hall–Kier alpha value is -1.10. The van der Waals surface area contributed by atoms with Gasteiger partial charge in [-0.25, -0.2) is 0 Å². The molecule has 1 aliphatic rings.